The molecule has 0 radical (unpaired) electrons. The molecule has 0 spiro atoms. The molecule has 6 nitrogen and oxygen atoms in total. The minimum absolute atomic E-state index is 0.00406. The van der Waals surface area contributed by atoms with Crippen LogP contribution in [0.4, 0.5) is 5.69 Å². The van der Waals surface area contributed by atoms with Crippen molar-refractivity contribution < 1.29 is 13.2 Å². The van der Waals surface area contributed by atoms with Crippen LogP contribution in [0.3, 0.4) is 0 Å². The van der Waals surface area contributed by atoms with Crippen LogP contribution < -0.4 is 16.2 Å². The summed E-state index contributed by atoms with van der Waals surface area (Å²) in [5.41, 5.74) is 6.30. The first-order chi connectivity index (χ1) is 8.70. The van der Waals surface area contributed by atoms with E-state index < -0.39 is 10.0 Å². The summed E-state index contributed by atoms with van der Waals surface area (Å²) in [6, 6.07) is 5.45. The highest BCUT2D eigenvalue weighted by Crippen LogP contribution is 2.13. The second-order valence-electron chi connectivity index (χ2n) is 4.73. The molecule has 106 valence electrons. The van der Waals surface area contributed by atoms with E-state index in [1.807, 2.05) is 13.8 Å². The van der Waals surface area contributed by atoms with Crippen molar-refractivity contribution in [3.8, 4) is 0 Å². The maximum Gasteiger partial charge on any atom is 0.238 e. The van der Waals surface area contributed by atoms with Gasteiger partial charge in [0.05, 0.1) is 4.90 Å². The number of carbonyl (C=O) groups excluding carboxylic acids is 1. The lowest BCUT2D eigenvalue weighted by Crippen LogP contribution is -2.31. The number of nitrogens with two attached hydrogens (primary N) is 2. The summed E-state index contributed by atoms with van der Waals surface area (Å²) in [5, 5.41) is 7.63. The van der Waals surface area contributed by atoms with Crippen molar-refractivity contribution in [2.45, 2.75) is 31.2 Å². The first-order valence-electron chi connectivity index (χ1n) is 5.88. The number of hydrogen-bond donors (Lipinski definition) is 3. The van der Waals surface area contributed by atoms with Crippen molar-refractivity contribution >= 4 is 21.6 Å². The monoisotopic (exact) mass is 285 g/mol. The summed E-state index contributed by atoms with van der Waals surface area (Å²) in [4.78, 5) is 11.7. The van der Waals surface area contributed by atoms with Gasteiger partial charge in [-0.05, 0) is 30.2 Å². The van der Waals surface area contributed by atoms with Crippen molar-refractivity contribution in [1.29, 1.82) is 0 Å². The van der Waals surface area contributed by atoms with E-state index in [0.29, 0.717) is 5.69 Å². The highest BCUT2D eigenvalue weighted by molar-refractivity contribution is 7.89. The first-order valence-corrected chi connectivity index (χ1v) is 7.43. The number of primary sulfonamides is 1. The Morgan fingerprint density at radius 1 is 1.26 bits per heavy atom. The molecule has 7 heteroatoms. The molecule has 0 aliphatic carbocycles. The molecule has 1 atom stereocenters. The Kier molecular flexibility index (Phi) is 5.04. The van der Waals surface area contributed by atoms with Crippen LogP contribution in [0.5, 0.6) is 0 Å². The Hall–Kier alpha value is -1.44. The van der Waals surface area contributed by atoms with Gasteiger partial charge in [-0.2, -0.15) is 0 Å². The smallest absolute Gasteiger partial charge is 0.238 e. The number of nitrogens with one attached hydrogen (secondary N) is 1. The summed E-state index contributed by atoms with van der Waals surface area (Å²) in [5.74, 6) is 0.0139. The zero-order chi connectivity index (χ0) is 14.6. The van der Waals surface area contributed by atoms with E-state index in [2.05, 4.69) is 5.32 Å². The minimum atomic E-state index is -3.71. The normalized spacial score (nSPS) is 13.3. The molecule has 1 unspecified atom stereocenters. The number of anilines is 1. The van der Waals surface area contributed by atoms with Gasteiger partial charge in [0.1, 0.15) is 0 Å². The predicted octanol–water partition coefficient (Wildman–Crippen LogP) is 0.646. The zero-order valence-corrected chi connectivity index (χ0v) is 11.8. The molecule has 0 aliphatic rings. The molecule has 0 aromatic heterocycles. The van der Waals surface area contributed by atoms with Gasteiger partial charge in [-0.1, -0.05) is 13.8 Å². The molecule has 0 heterocycles. The Bertz CT molecular complexity index is 538. The lowest BCUT2D eigenvalue weighted by atomic mass is 10.0. The maximum atomic E-state index is 11.7. The first kappa shape index (κ1) is 15.6. The van der Waals surface area contributed by atoms with E-state index in [-0.39, 0.29) is 29.2 Å². The Labute approximate surface area is 113 Å². The lowest BCUT2D eigenvalue weighted by molar-refractivity contribution is -0.116. The fraction of sp³-hybridized carbons (Fsp3) is 0.417. The van der Waals surface area contributed by atoms with Gasteiger partial charge in [-0.25, -0.2) is 13.6 Å². The van der Waals surface area contributed by atoms with Crippen LogP contribution in [0, 0.1) is 5.92 Å². The summed E-state index contributed by atoms with van der Waals surface area (Å²) in [7, 11) is -3.71. The molecule has 1 amide bonds. The summed E-state index contributed by atoms with van der Waals surface area (Å²) >= 11 is 0. The third kappa shape index (κ3) is 4.98. The SMILES string of the molecule is CC(C)C(N)CC(=O)Nc1ccc(S(N)(=O)=O)cc1. The van der Waals surface area contributed by atoms with Gasteiger partial charge >= 0.3 is 0 Å². The topological polar surface area (TPSA) is 115 Å². The van der Waals surface area contributed by atoms with Crippen molar-refractivity contribution in [2.24, 2.45) is 16.8 Å². The molecule has 1 rings (SSSR count). The summed E-state index contributed by atoms with van der Waals surface area (Å²) in [6.07, 6.45) is 0.217. The zero-order valence-electron chi connectivity index (χ0n) is 11.0. The lowest BCUT2D eigenvalue weighted by Gasteiger charge is -2.15. The molecule has 19 heavy (non-hydrogen) atoms. The number of amides is 1. The quantitative estimate of drug-likeness (QED) is 0.736. The molecule has 1 aromatic carbocycles. The molecule has 0 aliphatic heterocycles. The van der Waals surface area contributed by atoms with Crippen LogP contribution in [0.1, 0.15) is 20.3 Å². The molecule has 0 bridgehead atoms. The van der Waals surface area contributed by atoms with E-state index in [9.17, 15) is 13.2 Å². The second-order valence-corrected chi connectivity index (χ2v) is 6.29. The molecular weight excluding hydrogens is 266 g/mol. The van der Waals surface area contributed by atoms with Crippen LogP contribution in [0.15, 0.2) is 29.2 Å². The van der Waals surface area contributed by atoms with Crippen molar-refractivity contribution in [3.63, 3.8) is 0 Å². The molecule has 0 fully saturated rings. The standard InChI is InChI=1S/C12H19N3O3S/c1-8(2)11(13)7-12(16)15-9-3-5-10(6-4-9)19(14,17)18/h3-6,8,11H,7,13H2,1-2H3,(H,15,16)(H2,14,17,18). The largest absolute Gasteiger partial charge is 0.327 e. The van der Waals surface area contributed by atoms with Crippen molar-refractivity contribution in [2.75, 3.05) is 5.32 Å². The highest BCUT2D eigenvalue weighted by Gasteiger charge is 2.13. The van der Waals surface area contributed by atoms with E-state index in [4.69, 9.17) is 10.9 Å². The van der Waals surface area contributed by atoms with Crippen LogP contribution >= 0.6 is 0 Å². The molecule has 0 saturated carbocycles. The molecule has 5 N–H and O–H groups in total. The minimum Gasteiger partial charge on any atom is -0.327 e. The van der Waals surface area contributed by atoms with E-state index >= 15 is 0 Å². The Morgan fingerprint density at radius 2 is 1.79 bits per heavy atom. The van der Waals surface area contributed by atoms with Crippen LogP contribution in [0.2, 0.25) is 0 Å². The number of benzene rings is 1. The van der Waals surface area contributed by atoms with Gasteiger partial charge in [-0.3, -0.25) is 4.79 Å². The van der Waals surface area contributed by atoms with Crippen LogP contribution in [0.25, 0.3) is 0 Å². The van der Waals surface area contributed by atoms with Gasteiger partial charge in [-0.15, -0.1) is 0 Å². The van der Waals surface area contributed by atoms with Gasteiger partial charge < -0.3 is 11.1 Å². The average Bonchev–Trinajstić information content (AvgIpc) is 2.28. The number of sulfonamides is 1. The number of hydrogen-bond acceptors (Lipinski definition) is 4. The number of rotatable bonds is 5. The van der Waals surface area contributed by atoms with Crippen LogP contribution in [-0.2, 0) is 14.8 Å². The van der Waals surface area contributed by atoms with E-state index in [1.54, 1.807) is 0 Å². The van der Waals surface area contributed by atoms with Crippen molar-refractivity contribution in [1.82, 2.24) is 0 Å². The van der Waals surface area contributed by atoms with Crippen LogP contribution in [-0.4, -0.2) is 20.4 Å². The van der Waals surface area contributed by atoms with Gasteiger partial charge in [0, 0.05) is 18.2 Å². The number of carbonyl (C=O) groups is 1. The summed E-state index contributed by atoms with van der Waals surface area (Å²) in [6.45, 7) is 3.89. The van der Waals surface area contributed by atoms with Gasteiger partial charge in [0.25, 0.3) is 0 Å². The van der Waals surface area contributed by atoms with Gasteiger partial charge in [0.2, 0.25) is 15.9 Å². The van der Waals surface area contributed by atoms with E-state index in [1.165, 1.54) is 24.3 Å². The van der Waals surface area contributed by atoms with Gasteiger partial charge in [0.15, 0.2) is 0 Å². The van der Waals surface area contributed by atoms with E-state index in [0.717, 1.165) is 0 Å². The molecule has 1 aromatic rings. The molecule has 0 saturated heterocycles. The maximum absolute atomic E-state index is 11.7. The van der Waals surface area contributed by atoms with Crippen molar-refractivity contribution in [3.05, 3.63) is 24.3 Å². The average molecular weight is 285 g/mol. The third-order valence-corrected chi connectivity index (χ3v) is 3.67. The highest BCUT2D eigenvalue weighted by atomic mass is 32.2. The predicted molar refractivity (Wildman–Crippen MR) is 73.9 cm³/mol. The fourth-order valence-corrected chi connectivity index (χ4v) is 1.91. The third-order valence-electron chi connectivity index (χ3n) is 2.74. The second kappa shape index (κ2) is 6.14. The Balaban J connectivity index is 2.66. The fourth-order valence-electron chi connectivity index (χ4n) is 1.39. The molecular formula is C12H19N3O3S. The Morgan fingerprint density at radius 3 is 2.21 bits per heavy atom. The summed E-state index contributed by atoms with van der Waals surface area (Å²) < 4.78 is 22.1.